The van der Waals surface area contributed by atoms with E-state index >= 15 is 0 Å². The number of thiazole rings is 1. The van der Waals surface area contributed by atoms with Gasteiger partial charge in [-0.3, -0.25) is 9.36 Å². The van der Waals surface area contributed by atoms with Crippen LogP contribution in [0, 0.1) is 6.92 Å². The van der Waals surface area contributed by atoms with Crippen molar-refractivity contribution in [3.8, 4) is 10.6 Å². The first-order valence-corrected chi connectivity index (χ1v) is 7.35. The van der Waals surface area contributed by atoms with Gasteiger partial charge in [-0.15, -0.1) is 11.3 Å². The van der Waals surface area contributed by atoms with Gasteiger partial charge in [-0.1, -0.05) is 12.1 Å². The number of rotatable bonds is 2. The van der Waals surface area contributed by atoms with Crippen molar-refractivity contribution in [3.05, 3.63) is 59.1 Å². The Hall–Kier alpha value is -2.48. The zero-order chi connectivity index (χ0) is 16.6. The number of hydrogen-bond acceptors (Lipinski definition) is 4. The zero-order valence-corrected chi connectivity index (χ0v) is 12.6. The Bertz CT molecular complexity index is 836. The fourth-order valence-corrected chi connectivity index (χ4v) is 3.03. The second kappa shape index (κ2) is 5.62. The molecule has 0 aliphatic heterocycles. The second-order valence-corrected chi connectivity index (χ2v) is 5.78. The molecule has 8 heteroatoms. The Balaban J connectivity index is 1.93. The lowest BCUT2D eigenvalue weighted by Gasteiger charge is -2.06. The Morgan fingerprint density at radius 1 is 1.22 bits per heavy atom. The van der Waals surface area contributed by atoms with Gasteiger partial charge in [0.15, 0.2) is 0 Å². The fraction of sp³-hybridized carbons (Fsp3) is 0.133. The predicted molar refractivity (Wildman–Crippen MR) is 79.2 cm³/mol. The number of hydrogen-bond donors (Lipinski definition) is 0. The molecule has 3 aromatic rings. The minimum Gasteiger partial charge on any atom is -0.271 e. The molecule has 23 heavy (non-hydrogen) atoms. The van der Waals surface area contributed by atoms with E-state index in [1.165, 1.54) is 35.4 Å². The number of benzene rings is 1. The summed E-state index contributed by atoms with van der Waals surface area (Å²) in [5.74, 6) is -0.268. The van der Waals surface area contributed by atoms with Gasteiger partial charge in [-0.2, -0.15) is 13.2 Å². The van der Waals surface area contributed by atoms with E-state index in [0.29, 0.717) is 21.1 Å². The Morgan fingerprint density at radius 3 is 2.48 bits per heavy atom. The summed E-state index contributed by atoms with van der Waals surface area (Å²) in [7, 11) is 0. The summed E-state index contributed by atoms with van der Waals surface area (Å²) in [6.07, 6.45) is 0.0312. The molecule has 2 heterocycles. The third-order valence-corrected chi connectivity index (χ3v) is 4.38. The number of aromatic nitrogens is 3. The zero-order valence-electron chi connectivity index (χ0n) is 11.8. The van der Waals surface area contributed by atoms with Crippen LogP contribution in [0.15, 0.2) is 43.0 Å². The van der Waals surface area contributed by atoms with Crippen molar-refractivity contribution >= 4 is 17.2 Å². The third-order valence-electron chi connectivity index (χ3n) is 3.19. The van der Waals surface area contributed by atoms with Crippen molar-refractivity contribution in [1.29, 1.82) is 0 Å². The van der Waals surface area contributed by atoms with Crippen molar-refractivity contribution < 1.29 is 18.0 Å². The van der Waals surface area contributed by atoms with E-state index in [1.807, 2.05) is 0 Å². The third kappa shape index (κ3) is 3.02. The number of aryl methyl sites for hydroxylation is 1. The molecule has 0 unspecified atom stereocenters. The molecule has 0 fully saturated rings. The van der Waals surface area contributed by atoms with Crippen molar-refractivity contribution in [2.45, 2.75) is 13.1 Å². The monoisotopic (exact) mass is 337 g/mol. The fourth-order valence-electron chi connectivity index (χ4n) is 2.02. The van der Waals surface area contributed by atoms with Gasteiger partial charge in [0.25, 0.3) is 5.91 Å². The summed E-state index contributed by atoms with van der Waals surface area (Å²) in [5.41, 5.74) is 0.351. The molecule has 118 valence electrons. The Labute approximate surface area is 133 Å². The number of alkyl halides is 3. The molecular weight excluding hydrogens is 327 g/mol. The molecule has 0 atom stereocenters. The van der Waals surface area contributed by atoms with Crippen LogP contribution >= 0.6 is 11.3 Å². The van der Waals surface area contributed by atoms with Gasteiger partial charge in [0.05, 0.1) is 11.3 Å². The van der Waals surface area contributed by atoms with E-state index in [2.05, 4.69) is 9.97 Å². The molecule has 0 spiro atoms. The van der Waals surface area contributed by atoms with Gasteiger partial charge in [-0.05, 0) is 19.1 Å². The molecule has 0 aliphatic carbocycles. The molecule has 0 aliphatic rings. The molecule has 0 amide bonds. The van der Waals surface area contributed by atoms with Crippen LogP contribution in [0.4, 0.5) is 13.2 Å². The van der Waals surface area contributed by atoms with Gasteiger partial charge in [0.2, 0.25) is 0 Å². The highest BCUT2D eigenvalue weighted by Crippen LogP contribution is 2.33. The molecule has 0 saturated heterocycles. The average Bonchev–Trinajstić information content (AvgIpc) is 3.15. The Kier molecular flexibility index (Phi) is 3.77. The van der Waals surface area contributed by atoms with Gasteiger partial charge in [0.1, 0.15) is 16.2 Å². The first-order valence-electron chi connectivity index (χ1n) is 6.54. The lowest BCUT2D eigenvalue weighted by atomic mass is 10.1. The highest BCUT2D eigenvalue weighted by molar-refractivity contribution is 7.17. The van der Waals surface area contributed by atoms with Crippen LogP contribution in [0.5, 0.6) is 0 Å². The standard InChI is InChI=1S/C15H10F3N3OS/c1-9-12(14(22)21-7-6-19-8-21)23-13(20-9)10-2-4-11(5-3-10)15(16,17)18/h2-8H,1H3. The van der Waals surface area contributed by atoms with Crippen LogP contribution in [0.25, 0.3) is 10.6 Å². The van der Waals surface area contributed by atoms with Crippen molar-refractivity contribution in [3.63, 3.8) is 0 Å². The summed E-state index contributed by atoms with van der Waals surface area (Å²) in [4.78, 5) is 20.8. The van der Waals surface area contributed by atoms with Crippen molar-refractivity contribution in [2.24, 2.45) is 0 Å². The minimum atomic E-state index is -4.38. The van der Waals surface area contributed by atoms with Crippen molar-refractivity contribution in [1.82, 2.24) is 14.5 Å². The lowest BCUT2D eigenvalue weighted by Crippen LogP contribution is -2.09. The van der Waals surface area contributed by atoms with Crippen LogP contribution in [-0.4, -0.2) is 20.4 Å². The number of carbonyl (C=O) groups excluding carboxylic acids is 1. The van der Waals surface area contributed by atoms with E-state index < -0.39 is 11.7 Å². The molecule has 3 rings (SSSR count). The maximum atomic E-state index is 12.6. The van der Waals surface area contributed by atoms with Crippen LogP contribution in [-0.2, 0) is 6.18 Å². The molecule has 4 nitrogen and oxygen atoms in total. The summed E-state index contributed by atoms with van der Waals surface area (Å²) in [6, 6.07) is 4.71. The van der Waals surface area contributed by atoms with Gasteiger partial charge in [-0.25, -0.2) is 9.97 Å². The highest BCUT2D eigenvalue weighted by Gasteiger charge is 2.30. The predicted octanol–water partition coefficient (Wildman–Crippen LogP) is 4.02. The first kappa shape index (κ1) is 15.4. The summed E-state index contributed by atoms with van der Waals surface area (Å²) < 4.78 is 39.1. The van der Waals surface area contributed by atoms with Crippen LogP contribution in [0.2, 0.25) is 0 Å². The first-order chi connectivity index (χ1) is 10.9. The average molecular weight is 337 g/mol. The van der Waals surface area contributed by atoms with Crippen LogP contribution in [0.1, 0.15) is 20.9 Å². The molecular formula is C15H10F3N3OS. The van der Waals surface area contributed by atoms with Gasteiger partial charge < -0.3 is 0 Å². The number of nitrogens with zero attached hydrogens (tertiary/aromatic N) is 3. The molecule has 0 bridgehead atoms. The topological polar surface area (TPSA) is 47.8 Å². The van der Waals surface area contributed by atoms with Crippen molar-refractivity contribution in [2.75, 3.05) is 0 Å². The molecule has 0 saturated carbocycles. The quantitative estimate of drug-likeness (QED) is 0.709. The number of halogens is 3. The van der Waals surface area contributed by atoms with E-state index in [0.717, 1.165) is 23.5 Å². The summed E-state index contributed by atoms with van der Waals surface area (Å²) in [6.45, 7) is 1.69. The normalized spacial score (nSPS) is 11.7. The van der Waals surface area contributed by atoms with E-state index in [4.69, 9.17) is 0 Å². The number of carbonyl (C=O) groups is 1. The molecule has 0 radical (unpaired) electrons. The SMILES string of the molecule is Cc1nc(-c2ccc(C(F)(F)F)cc2)sc1C(=O)n1ccnc1. The maximum Gasteiger partial charge on any atom is 0.416 e. The number of imidazole rings is 1. The smallest absolute Gasteiger partial charge is 0.271 e. The lowest BCUT2D eigenvalue weighted by molar-refractivity contribution is -0.137. The van der Waals surface area contributed by atoms with E-state index in [9.17, 15) is 18.0 Å². The molecule has 1 aromatic carbocycles. The van der Waals surface area contributed by atoms with E-state index in [-0.39, 0.29) is 5.91 Å². The summed E-state index contributed by atoms with van der Waals surface area (Å²) >= 11 is 1.14. The van der Waals surface area contributed by atoms with Crippen LogP contribution in [0.3, 0.4) is 0 Å². The molecule has 2 aromatic heterocycles. The van der Waals surface area contributed by atoms with Gasteiger partial charge >= 0.3 is 6.18 Å². The largest absolute Gasteiger partial charge is 0.416 e. The van der Waals surface area contributed by atoms with Gasteiger partial charge in [0, 0.05) is 18.0 Å². The molecule has 0 N–H and O–H groups in total. The second-order valence-electron chi connectivity index (χ2n) is 4.78. The maximum absolute atomic E-state index is 12.6. The summed E-state index contributed by atoms with van der Waals surface area (Å²) in [5, 5.41) is 0.500. The van der Waals surface area contributed by atoms with E-state index in [1.54, 1.807) is 6.92 Å². The Morgan fingerprint density at radius 2 is 1.91 bits per heavy atom. The van der Waals surface area contributed by atoms with Crippen LogP contribution < -0.4 is 0 Å². The highest BCUT2D eigenvalue weighted by atomic mass is 32.1. The minimum absolute atomic E-state index is 0.268.